The van der Waals surface area contributed by atoms with E-state index in [9.17, 15) is 9.59 Å². The van der Waals surface area contributed by atoms with E-state index in [1.165, 1.54) is 20.4 Å². The Morgan fingerprint density at radius 2 is 2.18 bits per heavy atom. The number of hydrogen-bond acceptors (Lipinski definition) is 6. The van der Waals surface area contributed by atoms with E-state index >= 15 is 0 Å². The van der Waals surface area contributed by atoms with Crippen LogP contribution in [0.5, 0.6) is 0 Å². The molecule has 0 atom stereocenters. The predicted molar refractivity (Wildman–Crippen MR) is 58.5 cm³/mol. The van der Waals surface area contributed by atoms with Gasteiger partial charge in [-0.25, -0.2) is 9.48 Å². The van der Waals surface area contributed by atoms with Gasteiger partial charge in [0, 0.05) is 20.2 Å². The van der Waals surface area contributed by atoms with Crippen LogP contribution in [0.1, 0.15) is 5.69 Å². The minimum atomic E-state index is -0.475. The van der Waals surface area contributed by atoms with E-state index in [-0.39, 0.29) is 5.82 Å². The van der Waals surface area contributed by atoms with Crippen LogP contribution in [0.3, 0.4) is 0 Å². The highest BCUT2D eigenvalue weighted by molar-refractivity contribution is 5.30. The van der Waals surface area contributed by atoms with Crippen LogP contribution in [0.25, 0.3) is 0 Å². The Balaban J connectivity index is 2.28. The number of hydrogen-bond donors (Lipinski definition) is 1. The molecular weight excluding hydrogens is 226 g/mol. The van der Waals surface area contributed by atoms with Crippen LogP contribution >= 0.6 is 0 Å². The van der Waals surface area contributed by atoms with Crippen LogP contribution in [0, 0.1) is 0 Å². The van der Waals surface area contributed by atoms with Gasteiger partial charge in [-0.1, -0.05) is 5.16 Å². The molecule has 8 nitrogen and oxygen atoms in total. The first kappa shape index (κ1) is 11.1. The van der Waals surface area contributed by atoms with Crippen molar-refractivity contribution in [3.63, 3.8) is 0 Å². The van der Waals surface area contributed by atoms with Gasteiger partial charge in [0.05, 0.1) is 6.54 Å². The third kappa shape index (κ3) is 2.10. The molecule has 0 radical (unpaired) electrons. The fraction of sp³-hybridized carbons (Fsp3) is 0.333. The van der Waals surface area contributed by atoms with Crippen molar-refractivity contribution in [3.8, 4) is 0 Å². The highest BCUT2D eigenvalue weighted by Gasteiger charge is 2.08. The number of nitrogens with zero attached hydrogens (tertiary/aromatic N) is 4. The maximum Gasteiger partial charge on any atom is 0.346 e. The summed E-state index contributed by atoms with van der Waals surface area (Å²) >= 11 is 0. The Morgan fingerprint density at radius 3 is 2.82 bits per heavy atom. The topological polar surface area (TPSA) is 94.9 Å². The average molecular weight is 237 g/mol. The quantitative estimate of drug-likeness (QED) is 0.741. The number of aromatic nitrogens is 4. The Labute approximate surface area is 95.5 Å². The molecule has 0 bridgehead atoms. The van der Waals surface area contributed by atoms with Crippen LogP contribution in [-0.4, -0.2) is 19.5 Å². The van der Waals surface area contributed by atoms with Crippen molar-refractivity contribution in [2.24, 2.45) is 14.1 Å². The third-order valence-corrected chi connectivity index (χ3v) is 2.25. The molecule has 90 valence electrons. The molecule has 0 unspecified atom stereocenters. The van der Waals surface area contributed by atoms with Gasteiger partial charge in [0.25, 0.3) is 5.56 Å². The molecule has 0 fully saturated rings. The number of aryl methyl sites for hydroxylation is 1. The zero-order valence-electron chi connectivity index (χ0n) is 9.38. The lowest BCUT2D eigenvalue weighted by Crippen LogP contribution is -2.39. The van der Waals surface area contributed by atoms with Gasteiger partial charge in [0.1, 0.15) is 12.0 Å². The SMILES string of the molecule is Cn1nc(NCc2ccon2)c(=O)n(C)c1=O. The van der Waals surface area contributed by atoms with Gasteiger partial charge < -0.3 is 9.84 Å². The molecule has 0 saturated carbocycles. The third-order valence-electron chi connectivity index (χ3n) is 2.25. The van der Waals surface area contributed by atoms with Gasteiger partial charge >= 0.3 is 5.69 Å². The Hall–Kier alpha value is -2.38. The highest BCUT2D eigenvalue weighted by Crippen LogP contribution is 1.97. The summed E-state index contributed by atoms with van der Waals surface area (Å²) in [4.78, 5) is 23.1. The molecule has 2 aromatic rings. The lowest BCUT2D eigenvalue weighted by atomic mass is 10.4. The van der Waals surface area contributed by atoms with Crippen LogP contribution < -0.4 is 16.6 Å². The largest absolute Gasteiger partial charge is 0.364 e. The molecule has 1 N–H and O–H groups in total. The van der Waals surface area contributed by atoms with E-state index in [1.807, 2.05) is 0 Å². The molecule has 2 aromatic heterocycles. The van der Waals surface area contributed by atoms with E-state index in [0.717, 1.165) is 9.25 Å². The lowest BCUT2D eigenvalue weighted by molar-refractivity contribution is 0.412. The van der Waals surface area contributed by atoms with Crippen molar-refractivity contribution in [1.29, 1.82) is 0 Å². The van der Waals surface area contributed by atoms with Crippen molar-refractivity contribution in [2.45, 2.75) is 6.54 Å². The summed E-state index contributed by atoms with van der Waals surface area (Å²) in [6, 6.07) is 1.67. The standard InChI is InChI=1S/C9H11N5O3/c1-13-8(15)7(11-14(2)9(13)16)10-5-6-3-4-17-12-6/h3-4H,5H2,1-2H3,(H,10,11). The summed E-state index contributed by atoms with van der Waals surface area (Å²) in [6.45, 7) is 0.303. The maximum atomic E-state index is 11.7. The highest BCUT2D eigenvalue weighted by atomic mass is 16.5. The normalized spacial score (nSPS) is 10.5. The van der Waals surface area contributed by atoms with Crippen molar-refractivity contribution >= 4 is 5.82 Å². The summed E-state index contributed by atoms with van der Waals surface area (Å²) in [7, 11) is 2.87. The second kappa shape index (κ2) is 4.24. The molecule has 0 amide bonds. The zero-order valence-corrected chi connectivity index (χ0v) is 9.38. The molecule has 0 saturated heterocycles. The number of anilines is 1. The molecule has 0 aliphatic heterocycles. The zero-order chi connectivity index (χ0) is 12.4. The van der Waals surface area contributed by atoms with Crippen LogP contribution in [0.15, 0.2) is 26.4 Å². The molecule has 8 heteroatoms. The summed E-state index contributed by atoms with van der Waals surface area (Å²) in [5, 5.41) is 10.3. The van der Waals surface area contributed by atoms with Gasteiger partial charge in [0.2, 0.25) is 5.82 Å². The fourth-order valence-corrected chi connectivity index (χ4v) is 1.31. The smallest absolute Gasteiger partial charge is 0.346 e. The van der Waals surface area contributed by atoms with E-state index in [0.29, 0.717) is 12.2 Å². The van der Waals surface area contributed by atoms with Gasteiger partial charge in [-0.2, -0.15) is 0 Å². The van der Waals surface area contributed by atoms with Gasteiger partial charge in [0.15, 0.2) is 0 Å². The predicted octanol–water partition coefficient (Wildman–Crippen LogP) is -0.921. The van der Waals surface area contributed by atoms with E-state index in [1.54, 1.807) is 6.07 Å². The van der Waals surface area contributed by atoms with Crippen molar-refractivity contribution in [3.05, 3.63) is 38.9 Å². The van der Waals surface area contributed by atoms with E-state index < -0.39 is 11.2 Å². The van der Waals surface area contributed by atoms with Gasteiger partial charge in [-0.05, 0) is 0 Å². The summed E-state index contributed by atoms with van der Waals surface area (Å²) < 4.78 is 6.72. The molecule has 2 rings (SSSR count). The Morgan fingerprint density at radius 1 is 1.41 bits per heavy atom. The lowest BCUT2D eigenvalue weighted by Gasteiger charge is -2.06. The first-order valence-corrected chi connectivity index (χ1v) is 4.87. The summed E-state index contributed by atoms with van der Waals surface area (Å²) in [5.41, 5.74) is -0.304. The second-order valence-electron chi connectivity index (χ2n) is 3.46. The Bertz CT molecular complexity index is 625. The average Bonchev–Trinajstić information content (AvgIpc) is 2.82. The first-order valence-electron chi connectivity index (χ1n) is 4.87. The molecule has 0 spiro atoms. The van der Waals surface area contributed by atoms with Crippen molar-refractivity contribution in [2.75, 3.05) is 5.32 Å². The fourth-order valence-electron chi connectivity index (χ4n) is 1.31. The molecule has 2 heterocycles. The monoisotopic (exact) mass is 237 g/mol. The maximum absolute atomic E-state index is 11.7. The molecule has 17 heavy (non-hydrogen) atoms. The van der Waals surface area contributed by atoms with Crippen molar-refractivity contribution in [1.82, 2.24) is 19.5 Å². The van der Waals surface area contributed by atoms with Crippen molar-refractivity contribution < 1.29 is 4.52 Å². The number of rotatable bonds is 3. The van der Waals surface area contributed by atoms with E-state index in [4.69, 9.17) is 0 Å². The second-order valence-corrected chi connectivity index (χ2v) is 3.46. The first-order chi connectivity index (χ1) is 8.09. The number of nitrogens with one attached hydrogen (secondary N) is 1. The molecule has 0 aliphatic carbocycles. The van der Waals surface area contributed by atoms with Gasteiger partial charge in [-0.15, -0.1) is 5.10 Å². The van der Waals surface area contributed by atoms with Gasteiger partial charge in [-0.3, -0.25) is 9.36 Å². The van der Waals surface area contributed by atoms with E-state index in [2.05, 4.69) is 20.1 Å². The summed E-state index contributed by atoms with van der Waals surface area (Å²) in [6.07, 6.45) is 1.43. The molecule has 0 aromatic carbocycles. The van der Waals surface area contributed by atoms with Crippen LogP contribution in [-0.2, 0) is 20.6 Å². The molecular formula is C9H11N5O3. The summed E-state index contributed by atoms with van der Waals surface area (Å²) in [5.74, 6) is 0.0950. The minimum absolute atomic E-state index is 0.0950. The van der Waals surface area contributed by atoms with Crippen LogP contribution in [0.4, 0.5) is 5.82 Å². The Kier molecular flexibility index (Phi) is 2.77. The minimum Gasteiger partial charge on any atom is -0.364 e. The molecule has 0 aliphatic rings. The van der Waals surface area contributed by atoms with Crippen LogP contribution in [0.2, 0.25) is 0 Å².